The molecule has 1 saturated heterocycles. The standard InChI is InChI=1S/C13H25NOS/c15-13-9-5-1-2-6-10-14(13)11-7-3-4-8-12-16/h16H,1-12H2. The van der Waals surface area contributed by atoms with E-state index in [1.54, 1.807) is 0 Å². The maximum atomic E-state index is 11.8. The molecule has 16 heavy (non-hydrogen) atoms. The van der Waals surface area contributed by atoms with Crippen LogP contribution in [0.25, 0.3) is 0 Å². The molecule has 1 fully saturated rings. The first kappa shape index (κ1) is 13.9. The molecule has 94 valence electrons. The number of thiol groups is 1. The number of amides is 1. The Hall–Kier alpha value is -0.180. The van der Waals surface area contributed by atoms with E-state index in [9.17, 15) is 4.79 Å². The molecule has 2 nitrogen and oxygen atoms in total. The molecule has 0 aliphatic carbocycles. The van der Waals surface area contributed by atoms with Gasteiger partial charge in [-0.15, -0.1) is 0 Å². The van der Waals surface area contributed by atoms with Crippen molar-refractivity contribution in [3.05, 3.63) is 0 Å². The second-order valence-electron chi connectivity index (χ2n) is 4.68. The lowest BCUT2D eigenvalue weighted by atomic mass is 10.1. The van der Waals surface area contributed by atoms with Gasteiger partial charge in [0.25, 0.3) is 0 Å². The van der Waals surface area contributed by atoms with Crippen LogP contribution in [0, 0.1) is 0 Å². The summed E-state index contributed by atoms with van der Waals surface area (Å²) in [4.78, 5) is 13.9. The van der Waals surface area contributed by atoms with Crippen LogP contribution in [0.3, 0.4) is 0 Å². The summed E-state index contributed by atoms with van der Waals surface area (Å²) in [5.41, 5.74) is 0. The number of nitrogens with zero attached hydrogens (tertiary/aromatic N) is 1. The molecular formula is C13H25NOS. The van der Waals surface area contributed by atoms with Crippen LogP contribution in [0.2, 0.25) is 0 Å². The van der Waals surface area contributed by atoms with Crippen molar-refractivity contribution in [3.63, 3.8) is 0 Å². The van der Waals surface area contributed by atoms with Gasteiger partial charge in [0.2, 0.25) is 5.91 Å². The fourth-order valence-corrected chi connectivity index (χ4v) is 2.44. The highest BCUT2D eigenvalue weighted by Crippen LogP contribution is 2.12. The van der Waals surface area contributed by atoms with E-state index in [4.69, 9.17) is 0 Å². The SMILES string of the molecule is O=C1CCCCCCN1CCCCCCS. The number of carbonyl (C=O) groups is 1. The van der Waals surface area contributed by atoms with Gasteiger partial charge >= 0.3 is 0 Å². The van der Waals surface area contributed by atoms with Crippen molar-refractivity contribution in [2.45, 2.75) is 57.8 Å². The average Bonchev–Trinajstić information content (AvgIpc) is 2.27. The third-order valence-corrected chi connectivity index (χ3v) is 3.57. The molecule has 1 rings (SSSR count). The van der Waals surface area contributed by atoms with Crippen molar-refractivity contribution in [2.75, 3.05) is 18.8 Å². The molecule has 0 spiro atoms. The number of likely N-dealkylation sites (tertiary alicyclic amines) is 1. The van der Waals surface area contributed by atoms with Crippen molar-refractivity contribution >= 4 is 18.5 Å². The Labute approximate surface area is 105 Å². The summed E-state index contributed by atoms with van der Waals surface area (Å²) in [5.74, 6) is 1.37. The molecule has 1 amide bonds. The van der Waals surface area contributed by atoms with E-state index in [0.29, 0.717) is 5.91 Å². The lowest BCUT2D eigenvalue weighted by Crippen LogP contribution is -2.33. The zero-order valence-corrected chi connectivity index (χ0v) is 11.2. The minimum atomic E-state index is 0.383. The topological polar surface area (TPSA) is 20.3 Å². The van der Waals surface area contributed by atoms with Gasteiger partial charge in [-0.2, -0.15) is 12.6 Å². The van der Waals surface area contributed by atoms with Crippen molar-refractivity contribution < 1.29 is 4.79 Å². The number of unbranched alkanes of at least 4 members (excludes halogenated alkanes) is 3. The number of carbonyl (C=O) groups excluding carboxylic acids is 1. The zero-order valence-electron chi connectivity index (χ0n) is 10.3. The van der Waals surface area contributed by atoms with Crippen molar-refractivity contribution in [1.29, 1.82) is 0 Å². The molecule has 0 atom stereocenters. The normalized spacial score (nSPS) is 18.3. The Morgan fingerprint density at radius 2 is 1.75 bits per heavy atom. The first-order valence-corrected chi connectivity index (χ1v) is 7.36. The van der Waals surface area contributed by atoms with Crippen molar-refractivity contribution in [2.24, 2.45) is 0 Å². The molecule has 3 heteroatoms. The van der Waals surface area contributed by atoms with Crippen LogP contribution in [-0.4, -0.2) is 29.6 Å². The maximum Gasteiger partial charge on any atom is 0.222 e. The van der Waals surface area contributed by atoms with E-state index in [2.05, 4.69) is 17.5 Å². The van der Waals surface area contributed by atoms with Crippen LogP contribution < -0.4 is 0 Å². The second-order valence-corrected chi connectivity index (χ2v) is 5.13. The Morgan fingerprint density at radius 1 is 1.00 bits per heavy atom. The van der Waals surface area contributed by atoms with Crippen molar-refractivity contribution in [1.82, 2.24) is 4.90 Å². The largest absolute Gasteiger partial charge is 0.343 e. The highest BCUT2D eigenvalue weighted by molar-refractivity contribution is 7.80. The quantitative estimate of drug-likeness (QED) is 0.561. The van der Waals surface area contributed by atoms with Gasteiger partial charge in [0.1, 0.15) is 0 Å². The molecular weight excluding hydrogens is 218 g/mol. The summed E-state index contributed by atoms with van der Waals surface area (Å²) in [5, 5.41) is 0. The molecule has 0 aromatic rings. The number of hydrogen-bond acceptors (Lipinski definition) is 2. The van der Waals surface area contributed by atoms with Gasteiger partial charge in [-0.3, -0.25) is 4.79 Å². The van der Waals surface area contributed by atoms with E-state index in [1.807, 2.05) is 0 Å². The minimum Gasteiger partial charge on any atom is -0.343 e. The molecule has 0 radical (unpaired) electrons. The smallest absolute Gasteiger partial charge is 0.222 e. The Morgan fingerprint density at radius 3 is 2.56 bits per heavy atom. The predicted molar refractivity (Wildman–Crippen MR) is 72.0 cm³/mol. The van der Waals surface area contributed by atoms with Crippen LogP contribution in [0.5, 0.6) is 0 Å². The summed E-state index contributed by atoms with van der Waals surface area (Å²) >= 11 is 4.20. The van der Waals surface area contributed by atoms with Crippen LogP contribution in [-0.2, 0) is 4.79 Å². The fourth-order valence-electron chi connectivity index (χ4n) is 2.22. The van der Waals surface area contributed by atoms with E-state index in [0.717, 1.165) is 31.7 Å². The highest BCUT2D eigenvalue weighted by Gasteiger charge is 2.14. The molecule has 0 aromatic carbocycles. The third kappa shape index (κ3) is 5.78. The molecule has 0 aromatic heterocycles. The predicted octanol–water partition coefficient (Wildman–Crippen LogP) is 3.27. The second kappa shape index (κ2) is 8.91. The Bertz CT molecular complexity index is 196. The maximum absolute atomic E-state index is 11.8. The van der Waals surface area contributed by atoms with Crippen molar-refractivity contribution in [3.8, 4) is 0 Å². The molecule has 0 bridgehead atoms. The third-order valence-electron chi connectivity index (χ3n) is 3.26. The van der Waals surface area contributed by atoms with Gasteiger partial charge in [-0.1, -0.05) is 25.7 Å². The van der Waals surface area contributed by atoms with E-state index in [1.165, 1.54) is 44.9 Å². The lowest BCUT2D eigenvalue weighted by molar-refractivity contribution is -0.131. The van der Waals surface area contributed by atoms with Gasteiger partial charge in [0.15, 0.2) is 0 Å². The van der Waals surface area contributed by atoms with E-state index in [-0.39, 0.29) is 0 Å². The molecule has 0 unspecified atom stereocenters. The van der Waals surface area contributed by atoms with Gasteiger partial charge in [0.05, 0.1) is 0 Å². The van der Waals surface area contributed by atoms with Gasteiger partial charge < -0.3 is 4.90 Å². The lowest BCUT2D eigenvalue weighted by Gasteiger charge is -2.24. The average molecular weight is 243 g/mol. The summed E-state index contributed by atoms with van der Waals surface area (Å²) in [7, 11) is 0. The molecule has 1 aliphatic heterocycles. The van der Waals surface area contributed by atoms with Gasteiger partial charge in [-0.05, 0) is 31.4 Å². The number of rotatable bonds is 6. The Kier molecular flexibility index (Phi) is 7.73. The van der Waals surface area contributed by atoms with E-state index >= 15 is 0 Å². The molecule has 0 N–H and O–H groups in total. The molecule has 1 heterocycles. The Balaban J connectivity index is 2.14. The van der Waals surface area contributed by atoms with Crippen LogP contribution in [0.15, 0.2) is 0 Å². The van der Waals surface area contributed by atoms with Gasteiger partial charge in [0, 0.05) is 19.5 Å². The minimum absolute atomic E-state index is 0.383. The van der Waals surface area contributed by atoms with Crippen LogP contribution in [0.1, 0.15) is 57.8 Å². The summed E-state index contributed by atoms with van der Waals surface area (Å²) in [6.07, 6.45) is 10.5. The monoisotopic (exact) mass is 243 g/mol. The molecule has 0 saturated carbocycles. The summed E-state index contributed by atoms with van der Waals surface area (Å²) in [6, 6.07) is 0. The number of hydrogen-bond donors (Lipinski definition) is 1. The first-order valence-electron chi connectivity index (χ1n) is 6.73. The van der Waals surface area contributed by atoms with Crippen LogP contribution >= 0.6 is 12.6 Å². The summed E-state index contributed by atoms with van der Waals surface area (Å²) in [6.45, 7) is 1.97. The fraction of sp³-hybridized carbons (Fsp3) is 0.923. The highest BCUT2D eigenvalue weighted by atomic mass is 32.1. The molecule has 1 aliphatic rings. The van der Waals surface area contributed by atoms with Crippen LogP contribution in [0.4, 0.5) is 0 Å². The first-order chi connectivity index (χ1) is 7.84. The van der Waals surface area contributed by atoms with E-state index < -0.39 is 0 Å². The van der Waals surface area contributed by atoms with Gasteiger partial charge in [-0.25, -0.2) is 0 Å². The summed E-state index contributed by atoms with van der Waals surface area (Å²) < 4.78 is 0. The zero-order chi connectivity index (χ0) is 11.6.